The largest absolute Gasteiger partial charge is 0.366 e. The number of halogens is 2. The number of carbonyl (C=O) groups is 1. The van der Waals surface area contributed by atoms with Gasteiger partial charge in [-0.05, 0) is 25.8 Å². The molecule has 2 rings (SSSR count). The van der Waals surface area contributed by atoms with Gasteiger partial charge in [-0.25, -0.2) is 0 Å². The number of ether oxygens (including phenoxy) is 1. The fourth-order valence-electron chi connectivity index (χ4n) is 2.86. The molecule has 2 atom stereocenters. The number of nitrogens with zero attached hydrogens (tertiary/aromatic N) is 2. The van der Waals surface area contributed by atoms with Crippen LogP contribution in [-0.2, 0) is 9.53 Å². The fourth-order valence-corrected chi connectivity index (χ4v) is 2.86. The van der Waals surface area contributed by atoms with Gasteiger partial charge in [-0.15, -0.1) is 24.8 Å². The lowest BCUT2D eigenvalue weighted by molar-refractivity contribution is -0.152. The monoisotopic (exact) mass is 327 g/mol. The van der Waals surface area contributed by atoms with Crippen molar-refractivity contribution in [1.82, 2.24) is 9.80 Å². The van der Waals surface area contributed by atoms with E-state index in [9.17, 15) is 4.79 Å². The summed E-state index contributed by atoms with van der Waals surface area (Å²) in [7, 11) is 0. The maximum atomic E-state index is 12.5. The van der Waals surface area contributed by atoms with Crippen LogP contribution < -0.4 is 5.73 Å². The van der Waals surface area contributed by atoms with Gasteiger partial charge in [0.25, 0.3) is 5.91 Å². The topological polar surface area (TPSA) is 58.8 Å². The van der Waals surface area contributed by atoms with E-state index in [0.29, 0.717) is 13.2 Å². The fraction of sp³-hybridized carbons (Fsp3) is 0.923. The molecule has 5 nitrogen and oxygen atoms in total. The van der Waals surface area contributed by atoms with Gasteiger partial charge in [0.2, 0.25) is 0 Å². The maximum absolute atomic E-state index is 12.5. The summed E-state index contributed by atoms with van der Waals surface area (Å²) < 4.78 is 5.64. The number of nitrogens with two attached hydrogens (primary N) is 1. The first-order chi connectivity index (χ1) is 8.76. The molecule has 120 valence electrons. The van der Waals surface area contributed by atoms with Crippen molar-refractivity contribution in [2.24, 2.45) is 5.73 Å². The second-order valence-corrected chi connectivity index (χ2v) is 5.17. The lowest BCUT2D eigenvalue weighted by Gasteiger charge is -2.39. The number of likely N-dealkylation sites (tertiary alicyclic amines) is 1. The van der Waals surface area contributed by atoms with Crippen LogP contribution >= 0.6 is 24.8 Å². The molecule has 0 aliphatic carbocycles. The van der Waals surface area contributed by atoms with Gasteiger partial charge in [0.05, 0.1) is 6.61 Å². The molecule has 2 aliphatic heterocycles. The van der Waals surface area contributed by atoms with E-state index in [1.807, 2.05) is 4.90 Å². The van der Waals surface area contributed by atoms with Crippen molar-refractivity contribution in [2.45, 2.75) is 38.3 Å². The van der Waals surface area contributed by atoms with Gasteiger partial charge in [0.15, 0.2) is 0 Å². The molecule has 2 N–H and O–H groups in total. The highest BCUT2D eigenvalue weighted by Crippen LogP contribution is 2.19. The van der Waals surface area contributed by atoms with Crippen LogP contribution in [0.3, 0.4) is 0 Å². The minimum absolute atomic E-state index is 0. The summed E-state index contributed by atoms with van der Waals surface area (Å²) in [5.74, 6) is 0.142. The molecule has 7 heteroatoms. The Morgan fingerprint density at radius 2 is 2.05 bits per heavy atom. The molecule has 2 unspecified atom stereocenters. The minimum atomic E-state index is -0.286. The van der Waals surface area contributed by atoms with E-state index in [1.165, 1.54) is 6.42 Å². The van der Waals surface area contributed by atoms with Crippen molar-refractivity contribution in [1.29, 1.82) is 0 Å². The summed E-state index contributed by atoms with van der Waals surface area (Å²) >= 11 is 0. The van der Waals surface area contributed by atoms with Crippen LogP contribution in [0.2, 0.25) is 0 Å². The lowest BCUT2D eigenvalue weighted by atomic mass is 10.0. The van der Waals surface area contributed by atoms with Gasteiger partial charge in [-0.1, -0.05) is 6.92 Å². The van der Waals surface area contributed by atoms with Gasteiger partial charge in [0, 0.05) is 32.2 Å². The van der Waals surface area contributed by atoms with E-state index < -0.39 is 0 Å². The molecule has 2 aliphatic rings. The first-order valence-electron chi connectivity index (χ1n) is 7.10. The summed E-state index contributed by atoms with van der Waals surface area (Å²) in [6, 6.07) is 0.215. The number of amides is 1. The van der Waals surface area contributed by atoms with E-state index in [4.69, 9.17) is 10.5 Å². The number of piperidine rings is 1. The van der Waals surface area contributed by atoms with Gasteiger partial charge in [-0.2, -0.15) is 0 Å². The number of hydrogen-bond acceptors (Lipinski definition) is 4. The van der Waals surface area contributed by atoms with Crippen LogP contribution in [0.1, 0.15) is 26.2 Å². The normalized spacial score (nSPS) is 27.4. The molecule has 2 fully saturated rings. The molecule has 0 saturated carbocycles. The van der Waals surface area contributed by atoms with Crippen LogP contribution in [-0.4, -0.2) is 67.2 Å². The minimum Gasteiger partial charge on any atom is -0.366 e. The zero-order valence-corrected chi connectivity index (χ0v) is 13.8. The van der Waals surface area contributed by atoms with E-state index in [2.05, 4.69) is 11.8 Å². The molecular weight excluding hydrogens is 301 g/mol. The quantitative estimate of drug-likeness (QED) is 0.836. The average molecular weight is 328 g/mol. The summed E-state index contributed by atoms with van der Waals surface area (Å²) in [4.78, 5) is 16.7. The number of likely N-dealkylation sites (N-methyl/N-ethyl adjacent to an activating group) is 1. The lowest BCUT2D eigenvalue weighted by Crippen LogP contribution is -2.55. The first kappa shape index (κ1) is 19.9. The zero-order valence-electron chi connectivity index (χ0n) is 12.1. The second-order valence-electron chi connectivity index (χ2n) is 5.17. The Labute approximate surface area is 134 Å². The standard InChI is InChI=1S/C13H25N3O2.2ClH/c1-2-15-7-8-18-12(10-15)13(17)16-6-4-3-5-11(16)9-14;;/h11-12H,2-10,14H2,1H3;2*1H. The highest BCUT2D eigenvalue weighted by molar-refractivity contribution is 5.85. The molecule has 0 radical (unpaired) electrons. The second kappa shape index (κ2) is 9.79. The van der Waals surface area contributed by atoms with Crippen LogP contribution in [0, 0.1) is 0 Å². The summed E-state index contributed by atoms with van der Waals surface area (Å²) in [5, 5.41) is 0. The SMILES string of the molecule is CCN1CCOC(C(=O)N2CCCCC2CN)C1.Cl.Cl. The smallest absolute Gasteiger partial charge is 0.253 e. The van der Waals surface area contributed by atoms with Crippen molar-refractivity contribution in [3.05, 3.63) is 0 Å². The molecule has 0 spiro atoms. The zero-order chi connectivity index (χ0) is 13.0. The van der Waals surface area contributed by atoms with Crippen molar-refractivity contribution in [3.63, 3.8) is 0 Å². The predicted octanol–water partition coefficient (Wildman–Crippen LogP) is 0.890. The molecule has 1 amide bonds. The highest BCUT2D eigenvalue weighted by atomic mass is 35.5. The highest BCUT2D eigenvalue weighted by Gasteiger charge is 2.33. The molecule has 0 bridgehead atoms. The Morgan fingerprint density at radius 3 is 2.70 bits per heavy atom. The molecule has 0 aromatic rings. The van der Waals surface area contributed by atoms with Crippen LogP contribution in [0.15, 0.2) is 0 Å². The van der Waals surface area contributed by atoms with Crippen LogP contribution in [0.4, 0.5) is 0 Å². The molecule has 20 heavy (non-hydrogen) atoms. The molecule has 2 heterocycles. The summed E-state index contributed by atoms with van der Waals surface area (Å²) in [5.41, 5.74) is 5.77. The van der Waals surface area contributed by atoms with E-state index in [0.717, 1.165) is 39.0 Å². The molecule has 0 aromatic carbocycles. The average Bonchev–Trinajstić information content (AvgIpc) is 2.46. The van der Waals surface area contributed by atoms with Crippen LogP contribution in [0.5, 0.6) is 0 Å². The number of rotatable bonds is 3. The predicted molar refractivity (Wildman–Crippen MR) is 84.8 cm³/mol. The maximum Gasteiger partial charge on any atom is 0.253 e. The Balaban J connectivity index is 0.00000180. The Morgan fingerprint density at radius 1 is 1.30 bits per heavy atom. The van der Waals surface area contributed by atoms with Crippen molar-refractivity contribution in [2.75, 3.05) is 39.3 Å². The van der Waals surface area contributed by atoms with Crippen LogP contribution in [0.25, 0.3) is 0 Å². The first-order valence-corrected chi connectivity index (χ1v) is 7.10. The molecular formula is C13H27Cl2N3O2. The van der Waals surface area contributed by atoms with Gasteiger partial charge in [-0.3, -0.25) is 9.69 Å². The summed E-state index contributed by atoms with van der Waals surface area (Å²) in [6.45, 7) is 6.82. The van der Waals surface area contributed by atoms with Crippen molar-refractivity contribution < 1.29 is 9.53 Å². The third kappa shape index (κ3) is 4.74. The number of hydrogen-bond donors (Lipinski definition) is 1. The van der Waals surface area contributed by atoms with Gasteiger partial charge in [0.1, 0.15) is 6.10 Å². The summed E-state index contributed by atoms with van der Waals surface area (Å²) in [6.07, 6.45) is 3.02. The van der Waals surface area contributed by atoms with E-state index >= 15 is 0 Å². The Hall–Kier alpha value is -0.0700. The van der Waals surface area contributed by atoms with E-state index in [-0.39, 0.29) is 42.9 Å². The van der Waals surface area contributed by atoms with Gasteiger partial charge < -0.3 is 15.4 Å². The molecule has 0 aromatic heterocycles. The molecule has 2 saturated heterocycles. The van der Waals surface area contributed by atoms with Crippen molar-refractivity contribution >= 4 is 30.7 Å². The third-order valence-electron chi connectivity index (χ3n) is 4.06. The third-order valence-corrected chi connectivity index (χ3v) is 4.06. The Bertz CT molecular complexity index is 295. The number of morpholine rings is 1. The number of carbonyl (C=O) groups excluding carboxylic acids is 1. The Kier molecular flexibility index (Phi) is 9.76. The van der Waals surface area contributed by atoms with Gasteiger partial charge >= 0.3 is 0 Å². The van der Waals surface area contributed by atoms with E-state index in [1.54, 1.807) is 0 Å². The van der Waals surface area contributed by atoms with Crippen molar-refractivity contribution in [3.8, 4) is 0 Å².